The van der Waals surface area contributed by atoms with Crippen molar-refractivity contribution in [2.75, 3.05) is 25.5 Å². The van der Waals surface area contributed by atoms with Gasteiger partial charge in [-0.3, -0.25) is 9.59 Å². The van der Waals surface area contributed by atoms with Gasteiger partial charge in [0.05, 0.1) is 12.7 Å². The second-order valence-electron chi connectivity index (χ2n) is 5.88. The van der Waals surface area contributed by atoms with Crippen molar-refractivity contribution in [3.63, 3.8) is 0 Å². The molecule has 0 atom stereocenters. The summed E-state index contributed by atoms with van der Waals surface area (Å²) in [7, 11) is 1.50. The van der Waals surface area contributed by atoms with E-state index in [4.69, 9.17) is 16.3 Å². The first-order chi connectivity index (χ1) is 12.1. The van der Waals surface area contributed by atoms with E-state index in [2.05, 4.69) is 5.32 Å². The zero-order valence-electron chi connectivity index (χ0n) is 13.9. The lowest BCUT2D eigenvalue weighted by atomic mass is 10.1. The van der Waals surface area contributed by atoms with Crippen LogP contribution in [0.5, 0.6) is 5.75 Å². The molecule has 2 amide bonds. The molecule has 3 rings (SSSR count). The predicted octanol–water partition coefficient (Wildman–Crippen LogP) is 3.84. The summed E-state index contributed by atoms with van der Waals surface area (Å²) >= 11 is 5.96. The van der Waals surface area contributed by atoms with Gasteiger partial charge in [0.15, 0.2) is 0 Å². The molecule has 1 aliphatic rings. The molecular formula is C19H19ClN2O3. The fraction of sp³-hybridized carbons (Fsp3) is 0.263. The van der Waals surface area contributed by atoms with Gasteiger partial charge < -0.3 is 15.0 Å². The van der Waals surface area contributed by atoms with Gasteiger partial charge in [-0.05, 0) is 55.3 Å². The van der Waals surface area contributed by atoms with E-state index in [1.54, 1.807) is 42.5 Å². The summed E-state index contributed by atoms with van der Waals surface area (Å²) in [6, 6.07) is 11.8. The number of anilines is 1. The number of halogens is 1. The fourth-order valence-corrected chi connectivity index (χ4v) is 3.03. The van der Waals surface area contributed by atoms with Gasteiger partial charge >= 0.3 is 0 Å². The highest BCUT2D eigenvalue weighted by Crippen LogP contribution is 2.24. The molecule has 0 aliphatic carbocycles. The van der Waals surface area contributed by atoms with Crippen molar-refractivity contribution in [2.45, 2.75) is 12.8 Å². The third-order valence-corrected chi connectivity index (χ3v) is 4.42. The number of benzene rings is 2. The number of carbonyl (C=O) groups excluding carboxylic acids is 2. The van der Waals surface area contributed by atoms with Crippen LogP contribution in [-0.4, -0.2) is 36.9 Å². The molecule has 2 aromatic carbocycles. The Labute approximate surface area is 151 Å². The highest BCUT2D eigenvalue weighted by molar-refractivity contribution is 6.31. The summed E-state index contributed by atoms with van der Waals surface area (Å²) in [5.41, 5.74) is 1.58. The molecule has 2 aromatic rings. The lowest BCUT2D eigenvalue weighted by molar-refractivity contribution is 0.0792. The quantitative estimate of drug-likeness (QED) is 0.903. The molecule has 1 fully saturated rings. The first-order valence-electron chi connectivity index (χ1n) is 8.13. The Morgan fingerprint density at radius 1 is 1.08 bits per heavy atom. The summed E-state index contributed by atoms with van der Waals surface area (Å²) in [5, 5.41) is 3.25. The molecule has 1 N–H and O–H groups in total. The Bertz CT molecular complexity index is 784. The topological polar surface area (TPSA) is 58.6 Å². The van der Waals surface area contributed by atoms with E-state index < -0.39 is 0 Å². The zero-order chi connectivity index (χ0) is 17.8. The molecule has 1 saturated heterocycles. The molecule has 130 valence electrons. The van der Waals surface area contributed by atoms with Crippen molar-refractivity contribution in [2.24, 2.45) is 0 Å². The van der Waals surface area contributed by atoms with Crippen LogP contribution in [0.2, 0.25) is 5.02 Å². The van der Waals surface area contributed by atoms with Crippen LogP contribution in [0.15, 0.2) is 42.5 Å². The first kappa shape index (κ1) is 17.3. The van der Waals surface area contributed by atoms with E-state index in [1.165, 1.54) is 7.11 Å². The number of likely N-dealkylation sites (tertiary alicyclic amines) is 1. The SMILES string of the molecule is COc1ccc(Cl)cc1C(=O)Nc1ccc(C(=O)N2CCCC2)cc1. The first-order valence-corrected chi connectivity index (χ1v) is 8.50. The van der Waals surface area contributed by atoms with Crippen LogP contribution < -0.4 is 10.1 Å². The molecule has 0 unspecified atom stereocenters. The average Bonchev–Trinajstić information content (AvgIpc) is 3.16. The molecule has 1 heterocycles. The van der Waals surface area contributed by atoms with Crippen LogP contribution in [0, 0.1) is 0 Å². The van der Waals surface area contributed by atoms with Gasteiger partial charge in [0.2, 0.25) is 0 Å². The molecule has 0 aromatic heterocycles. The van der Waals surface area contributed by atoms with Crippen LogP contribution in [-0.2, 0) is 0 Å². The van der Waals surface area contributed by atoms with Gasteiger partial charge in [-0.1, -0.05) is 11.6 Å². The molecule has 0 bridgehead atoms. The van der Waals surface area contributed by atoms with Crippen LogP contribution in [0.1, 0.15) is 33.6 Å². The maximum absolute atomic E-state index is 12.4. The van der Waals surface area contributed by atoms with E-state index in [-0.39, 0.29) is 11.8 Å². The van der Waals surface area contributed by atoms with Crippen molar-refractivity contribution in [3.05, 3.63) is 58.6 Å². The number of nitrogens with one attached hydrogen (secondary N) is 1. The van der Waals surface area contributed by atoms with Crippen LogP contribution in [0.4, 0.5) is 5.69 Å². The second-order valence-corrected chi connectivity index (χ2v) is 6.31. The standard InChI is InChI=1S/C19H19ClN2O3/c1-25-17-9-6-14(20)12-16(17)18(23)21-15-7-4-13(5-8-15)19(24)22-10-2-3-11-22/h4-9,12H,2-3,10-11H2,1H3,(H,21,23). The van der Waals surface area contributed by atoms with Gasteiger partial charge in [-0.2, -0.15) is 0 Å². The summed E-state index contributed by atoms with van der Waals surface area (Å²) in [6.45, 7) is 1.62. The fourth-order valence-electron chi connectivity index (χ4n) is 2.86. The molecule has 0 saturated carbocycles. The third-order valence-electron chi connectivity index (χ3n) is 4.19. The number of hydrogen-bond donors (Lipinski definition) is 1. The Morgan fingerprint density at radius 2 is 1.76 bits per heavy atom. The van der Waals surface area contributed by atoms with Gasteiger partial charge in [0, 0.05) is 29.4 Å². The number of ether oxygens (including phenoxy) is 1. The Morgan fingerprint density at radius 3 is 2.40 bits per heavy atom. The third kappa shape index (κ3) is 3.94. The molecular weight excluding hydrogens is 340 g/mol. The molecule has 25 heavy (non-hydrogen) atoms. The minimum Gasteiger partial charge on any atom is -0.496 e. The van der Waals surface area contributed by atoms with Gasteiger partial charge in [0.25, 0.3) is 11.8 Å². The van der Waals surface area contributed by atoms with Crippen LogP contribution >= 0.6 is 11.6 Å². The Hall–Kier alpha value is -2.53. The zero-order valence-corrected chi connectivity index (χ0v) is 14.7. The van der Waals surface area contributed by atoms with Gasteiger partial charge in [-0.25, -0.2) is 0 Å². The largest absolute Gasteiger partial charge is 0.496 e. The van der Waals surface area contributed by atoms with Gasteiger partial charge in [-0.15, -0.1) is 0 Å². The van der Waals surface area contributed by atoms with Crippen molar-refractivity contribution in [1.29, 1.82) is 0 Å². The number of carbonyl (C=O) groups is 2. The van der Waals surface area contributed by atoms with Crippen molar-refractivity contribution >= 4 is 29.1 Å². The van der Waals surface area contributed by atoms with Crippen molar-refractivity contribution < 1.29 is 14.3 Å². The van der Waals surface area contributed by atoms with E-state index in [1.807, 2.05) is 4.90 Å². The summed E-state index contributed by atoms with van der Waals surface area (Å²) < 4.78 is 5.20. The van der Waals surface area contributed by atoms with Gasteiger partial charge in [0.1, 0.15) is 5.75 Å². The molecule has 6 heteroatoms. The Kier molecular flexibility index (Phi) is 5.24. The predicted molar refractivity (Wildman–Crippen MR) is 97.5 cm³/mol. The summed E-state index contributed by atoms with van der Waals surface area (Å²) in [6.07, 6.45) is 2.11. The summed E-state index contributed by atoms with van der Waals surface area (Å²) in [5.74, 6) is 0.160. The van der Waals surface area contributed by atoms with E-state index in [0.29, 0.717) is 27.6 Å². The van der Waals surface area contributed by atoms with E-state index >= 15 is 0 Å². The van der Waals surface area contributed by atoms with E-state index in [9.17, 15) is 9.59 Å². The van der Waals surface area contributed by atoms with Crippen molar-refractivity contribution in [3.8, 4) is 5.75 Å². The lowest BCUT2D eigenvalue weighted by Crippen LogP contribution is -2.27. The monoisotopic (exact) mass is 358 g/mol. The summed E-state index contributed by atoms with van der Waals surface area (Å²) in [4.78, 5) is 26.6. The number of nitrogens with zero attached hydrogens (tertiary/aromatic N) is 1. The highest BCUT2D eigenvalue weighted by atomic mass is 35.5. The molecule has 0 spiro atoms. The number of amides is 2. The highest BCUT2D eigenvalue weighted by Gasteiger charge is 2.19. The molecule has 1 aliphatic heterocycles. The maximum atomic E-state index is 12.4. The average molecular weight is 359 g/mol. The lowest BCUT2D eigenvalue weighted by Gasteiger charge is -2.15. The number of rotatable bonds is 4. The minimum atomic E-state index is -0.321. The number of methoxy groups -OCH3 is 1. The molecule has 5 nitrogen and oxygen atoms in total. The smallest absolute Gasteiger partial charge is 0.259 e. The minimum absolute atomic E-state index is 0.0342. The normalized spacial score (nSPS) is 13.6. The second kappa shape index (κ2) is 7.57. The molecule has 0 radical (unpaired) electrons. The number of hydrogen-bond acceptors (Lipinski definition) is 3. The van der Waals surface area contributed by atoms with Crippen LogP contribution in [0.3, 0.4) is 0 Å². The Balaban J connectivity index is 1.72. The maximum Gasteiger partial charge on any atom is 0.259 e. The van der Waals surface area contributed by atoms with Crippen molar-refractivity contribution in [1.82, 2.24) is 4.90 Å². The van der Waals surface area contributed by atoms with E-state index in [0.717, 1.165) is 25.9 Å². The van der Waals surface area contributed by atoms with Crippen LogP contribution in [0.25, 0.3) is 0 Å².